The highest BCUT2D eigenvalue weighted by molar-refractivity contribution is 5.95. The molecule has 0 aliphatic heterocycles. The van der Waals surface area contributed by atoms with Crippen molar-refractivity contribution in [1.29, 1.82) is 0 Å². The second-order valence-corrected chi connectivity index (χ2v) is 8.29. The number of carboxylic acid groups (broad SMARTS) is 2. The Balaban J connectivity index is 2.00. The number of nitrogens with one attached hydrogen (secondary N) is 1. The van der Waals surface area contributed by atoms with Gasteiger partial charge in [-0.2, -0.15) is 0 Å². The van der Waals surface area contributed by atoms with E-state index >= 15 is 0 Å². The summed E-state index contributed by atoms with van der Waals surface area (Å²) in [5.74, 6) is -2.23. The first-order valence-corrected chi connectivity index (χ1v) is 11.9. The Morgan fingerprint density at radius 3 is 1.37 bits per heavy atom. The van der Waals surface area contributed by atoms with Gasteiger partial charge in [0, 0.05) is 12.2 Å². The van der Waals surface area contributed by atoms with Crippen molar-refractivity contribution >= 4 is 17.6 Å². The highest BCUT2D eigenvalue weighted by atomic mass is 16.4. The molecule has 0 aliphatic carbocycles. The molecule has 1 rings (SSSR count). The van der Waals surface area contributed by atoms with Crippen LogP contribution in [0, 0.1) is 0 Å². The number of rotatable bonds is 19. The molecule has 0 aromatic heterocycles. The Kier molecular flexibility index (Phi) is 14.5. The van der Waals surface area contributed by atoms with Gasteiger partial charge in [0.1, 0.15) is 0 Å². The van der Waals surface area contributed by atoms with E-state index in [0.717, 1.165) is 19.4 Å². The number of anilines is 1. The zero-order valence-electron chi connectivity index (χ0n) is 18.8. The number of hydrogen-bond donors (Lipinski definition) is 3. The molecule has 0 unspecified atom stereocenters. The molecule has 0 heterocycles. The van der Waals surface area contributed by atoms with E-state index in [-0.39, 0.29) is 11.1 Å². The molecular weight excluding hydrogens is 378 g/mol. The maximum Gasteiger partial charge on any atom is 0.335 e. The second kappa shape index (κ2) is 16.7. The monoisotopic (exact) mass is 419 g/mol. The average Bonchev–Trinajstić information content (AvgIpc) is 2.73. The van der Waals surface area contributed by atoms with Crippen molar-refractivity contribution in [3.05, 3.63) is 29.3 Å². The van der Waals surface area contributed by atoms with Gasteiger partial charge in [0.05, 0.1) is 11.1 Å². The van der Waals surface area contributed by atoms with E-state index in [4.69, 9.17) is 10.2 Å². The summed E-state index contributed by atoms with van der Waals surface area (Å²) >= 11 is 0. The molecule has 0 radical (unpaired) electrons. The van der Waals surface area contributed by atoms with Crippen molar-refractivity contribution in [3.63, 3.8) is 0 Å². The molecule has 3 N–H and O–H groups in total. The minimum atomic E-state index is -1.12. The summed E-state index contributed by atoms with van der Waals surface area (Å²) in [7, 11) is 0. The van der Waals surface area contributed by atoms with Crippen LogP contribution in [-0.2, 0) is 0 Å². The molecule has 5 heteroatoms. The molecule has 1 aromatic rings. The lowest BCUT2D eigenvalue weighted by Gasteiger charge is -2.09. The Morgan fingerprint density at radius 2 is 1.00 bits per heavy atom. The average molecular weight is 420 g/mol. The van der Waals surface area contributed by atoms with Gasteiger partial charge < -0.3 is 15.5 Å². The van der Waals surface area contributed by atoms with Crippen LogP contribution in [0.2, 0.25) is 0 Å². The number of benzene rings is 1. The van der Waals surface area contributed by atoms with E-state index in [1.807, 2.05) is 0 Å². The summed E-state index contributed by atoms with van der Waals surface area (Å²) in [5, 5.41) is 21.4. The summed E-state index contributed by atoms with van der Waals surface area (Å²) in [5.41, 5.74) is 0.542. The number of aromatic carboxylic acids is 2. The SMILES string of the molecule is CCCCCCCCCCCCCCCCCNc1cc(C(=O)O)cc(C(=O)O)c1. The van der Waals surface area contributed by atoms with Crippen molar-refractivity contribution in [3.8, 4) is 0 Å². The zero-order chi connectivity index (χ0) is 22.0. The summed E-state index contributed by atoms with van der Waals surface area (Å²) in [4.78, 5) is 22.3. The van der Waals surface area contributed by atoms with E-state index in [0.29, 0.717) is 5.69 Å². The van der Waals surface area contributed by atoms with E-state index in [1.165, 1.54) is 102 Å². The summed E-state index contributed by atoms with van der Waals surface area (Å²) in [6, 6.07) is 4.16. The van der Waals surface area contributed by atoms with Gasteiger partial charge in [0.15, 0.2) is 0 Å². The van der Waals surface area contributed by atoms with Crippen molar-refractivity contribution in [1.82, 2.24) is 0 Å². The lowest BCUT2D eigenvalue weighted by Crippen LogP contribution is -2.07. The topological polar surface area (TPSA) is 86.6 Å². The maximum atomic E-state index is 11.1. The van der Waals surface area contributed by atoms with Gasteiger partial charge in [-0.05, 0) is 24.6 Å². The lowest BCUT2D eigenvalue weighted by atomic mass is 10.0. The second-order valence-electron chi connectivity index (χ2n) is 8.29. The van der Waals surface area contributed by atoms with Crippen LogP contribution in [0.1, 0.15) is 124 Å². The van der Waals surface area contributed by atoms with Crippen LogP contribution in [0.4, 0.5) is 5.69 Å². The van der Waals surface area contributed by atoms with Crippen LogP contribution >= 0.6 is 0 Å². The fourth-order valence-corrected chi connectivity index (χ4v) is 3.71. The summed E-state index contributed by atoms with van der Waals surface area (Å²) in [6.07, 6.45) is 19.8. The van der Waals surface area contributed by atoms with Crippen molar-refractivity contribution in [2.75, 3.05) is 11.9 Å². The zero-order valence-corrected chi connectivity index (χ0v) is 18.8. The van der Waals surface area contributed by atoms with Gasteiger partial charge >= 0.3 is 11.9 Å². The van der Waals surface area contributed by atoms with Gasteiger partial charge in [0.2, 0.25) is 0 Å². The number of carboxylic acids is 2. The first-order valence-electron chi connectivity index (χ1n) is 11.9. The molecule has 1 aromatic carbocycles. The Bertz CT molecular complexity index is 583. The maximum absolute atomic E-state index is 11.1. The van der Waals surface area contributed by atoms with Crippen LogP contribution in [-0.4, -0.2) is 28.7 Å². The molecule has 0 spiro atoms. The van der Waals surface area contributed by atoms with E-state index < -0.39 is 11.9 Å². The molecular formula is C25H41NO4. The van der Waals surface area contributed by atoms with Gasteiger partial charge in [-0.25, -0.2) is 9.59 Å². The van der Waals surface area contributed by atoms with Crippen LogP contribution < -0.4 is 5.32 Å². The number of carbonyl (C=O) groups is 2. The molecule has 0 saturated heterocycles. The normalized spacial score (nSPS) is 10.8. The minimum Gasteiger partial charge on any atom is -0.478 e. The molecule has 0 fully saturated rings. The molecule has 0 amide bonds. The third-order valence-electron chi connectivity index (χ3n) is 5.54. The van der Waals surface area contributed by atoms with Crippen LogP contribution in [0.5, 0.6) is 0 Å². The molecule has 30 heavy (non-hydrogen) atoms. The van der Waals surface area contributed by atoms with Gasteiger partial charge in [-0.1, -0.05) is 96.8 Å². The predicted molar refractivity (Wildman–Crippen MR) is 124 cm³/mol. The summed E-state index contributed by atoms with van der Waals surface area (Å²) < 4.78 is 0. The summed E-state index contributed by atoms with van der Waals surface area (Å²) in [6.45, 7) is 2.98. The lowest BCUT2D eigenvalue weighted by molar-refractivity contribution is 0.0696. The van der Waals surface area contributed by atoms with Crippen LogP contribution in [0.25, 0.3) is 0 Å². The molecule has 0 atom stereocenters. The van der Waals surface area contributed by atoms with Gasteiger partial charge in [-0.3, -0.25) is 0 Å². The molecule has 170 valence electrons. The number of unbranched alkanes of at least 4 members (excludes halogenated alkanes) is 14. The standard InChI is InChI=1S/C25H41NO4/c1-2-3-4-5-6-7-8-9-10-11-12-13-14-15-16-17-26-23-19-21(24(27)28)18-22(20-23)25(29)30/h18-20,26H,2-17H2,1H3,(H,27,28)(H,29,30). The molecule has 0 saturated carbocycles. The third-order valence-corrected chi connectivity index (χ3v) is 5.54. The minimum absolute atomic E-state index is 0.00565. The van der Waals surface area contributed by atoms with E-state index in [2.05, 4.69) is 12.2 Å². The van der Waals surface area contributed by atoms with Crippen LogP contribution in [0.15, 0.2) is 18.2 Å². The fraction of sp³-hybridized carbons (Fsp3) is 0.680. The van der Waals surface area contributed by atoms with Crippen molar-refractivity contribution < 1.29 is 19.8 Å². The highest BCUT2D eigenvalue weighted by Crippen LogP contribution is 2.17. The van der Waals surface area contributed by atoms with Gasteiger partial charge in [0.25, 0.3) is 0 Å². The number of hydrogen-bond acceptors (Lipinski definition) is 3. The quantitative estimate of drug-likeness (QED) is 0.204. The largest absolute Gasteiger partial charge is 0.478 e. The first kappa shape index (κ1) is 26.0. The van der Waals surface area contributed by atoms with Gasteiger partial charge in [-0.15, -0.1) is 0 Å². The third kappa shape index (κ3) is 12.5. The van der Waals surface area contributed by atoms with Crippen LogP contribution in [0.3, 0.4) is 0 Å². The molecule has 5 nitrogen and oxygen atoms in total. The fourth-order valence-electron chi connectivity index (χ4n) is 3.71. The Hall–Kier alpha value is -2.04. The Labute approximate surface area is 182 Å². The van der Waals surface area contributed by atoms with E-state index in [9.17, 15) is 9.59 Å². The van der Waals surface area contributed by atoms with Crippen molar-refractivity contribution in [2.45, 2.75) is 103 Å². The van der Waals surface area contributed by atoms with E-state index in [1.54, 1.807) is 0 Å². The first-order chi connectivity index (χ1) is 14.5. The smallest absolute Gasteiger partial charge is 0.335 e. The molecule has 0 aliphatic rings. The predicted octanol–water partition coefficient (Wildman–Crippen LogP) is 7.37. The highest BCUT2D eigenvalue weighted by Gasteiger charge is 2.11. The van der Waals surface area contributed by atoms with Crippen molar-refractivity contribution in [2.24, 2.45) is 0 Å². The Morgan fingerprint density at radius 1 is 0.633 bits per heavy atom. The molecule has 0 bridgehead atoms.